The summed E-state index contributed by atoms with van der Waals surface area (Å²) in [4.78, 5) is 13.0. The Labute approximate surface area is 98.8 Å². The van der Waals surface area contributed by atoms with Gasteiger partial charge in [-0.05, 0) is 29.8 Å². The Morgan fingerprint density at radius 2 is 2.00 bits per heavy atom. The van der Waals surface area contributed by atoms with Crippen molar-refractivity contribution in [1.82, 2.24) is 0 Å². The Morgan fingerprint density at radius 3 is 2.65 bits per heavy atom. The van der Waals surface area contributed by atoms with E-state index in [0.29, 0.717) is 37.7 Å². The molecule has 0 aliphatic carbocycles. The third kappa shape index (κ3) is 5.55. The van der Waals surface area contributed by atoms with Gasteiger partial charge in [-0.3, -0.25) is 4.79 Å². The van der Waals surface area contributed by atoms with Crippen LogP contribution >= 0.6 is 0 Å². The van der Waals surface area contributed by atoms with Crippen LogP contribution in [0, 0.1) is 0 Å². The summed E-state index contributed by atoms with van der Waals surface area (Å²) in [5, 5.41) is 3.33. The molecule has 0 amide bonds. The predicted octanol–water partition coefficient (Wildman–Crippen LogP) is 2.20. The zero-order valence-electron chi connectivity index (χ0n) is 9.28. The van der Waals surface area contributed by atoms with E-state index in [0.717, 1.165) is 6.29 Å². The maximum atomic E-state index is 10.4. The summed E-state index contributed by atoms with van der Waals surface area (Å²) in [5.74, 6) is 0.689. The van der Waals surface area contributed by atoms with Gasteiger partial charge in [-0.25, -0.2) is 0 Å². The Balaban J connectivity index is 2.13. The number of rotatable bonds is 8. The van der Waals surface area contributed by atoms with Crippen LogP contribution in [0.15, 0.2) is 29.4 Å². The summed E-state index contributed by atoms with van der Waals surface area (Å²) in [6.07, 6.45) is 0.780. The fourth-order valence-corrected chi connectivity index (χ4v) is 1.11. The smallest absolute Gasteiger partial charge is 0.150 e. The predicted molar refractivity (Wildman–Crippen MR) is 62.2 cm³/mol. The molecule has 6 heteroatoms. The lowest BCUT2D eigenvalue weighted by Gasteiger charge is -2.06. The second-order valence-corrected chi connectivity index (χ2v) is 3.10. The molecule has 1 rings (SSSR count). The van der Waals surface area contributed by atoms with Crippen molar-refractivity contribution in [3.63, 3.8) is 0 Å². The number of carbonyl (C=O) groups is 1. The SMILES string of the molecule is [N-]=[N+]=NCCOCCOc1ccc(C=O)cc1. The topological polar surface area (TPSA) is 84.3 Å². The van der Waals surface area contributed by atoms with Crippen molar-refractivity contribution in [3.8, 4) is 5.75 Å². The van der Waals surface area contributed by atoms with Gasteiger partial charge in [0, 0.05) is 17.0 Å². The normalized spacial score (nSPS) is 9.41. The molecule has 0 heterocycles. The third-order valence-corrected chi connectivity index (χ3v) is 1.91. The Hall–Kier alpha value is -2.04. The fourth-order valence-electron chi connectivity index (χ4n) is 1.11. The first kappa shape index (κ1) is 13.0. The highest BCUT2D eigenvalue weighted by Gasteiger charge is 1.94. The van der Waals surface area contributed by atoms with E-state index in [1.807, 2.05) is 0 Å². The van der Waals surface area contributed by atoms with Crippen LogP contribution in [0.2, 0.25) is 0 Å². The van der Waals surface area contributed by atoms with Gasteiger partial charge < -0.3 is 9.47 Å². The zero-order valence-corrected chi connectivity index (χ0v) is 9.28. The number of hydrogen-bond acceptors (Lipinski definition) is 4. The molecule has 6 nitrogen and oxygen atoms in total. The molecule has 90 valence electrons. The first-order chi connectivity index (χ1) is 8.36. The van der Waals surface area contributed by atoms with Gasteiger partial charge in [0.25, 0.3) is 0 Å². The summed E-state index contributed by atoms with van der Waals surface area (Å²) < 4.78 is 10.5. The van der Waals surface area contributed by atoms with Gasteiger partial charge in [-0.15, -0.1) is 0 Å². The van der Waals surface area contributed by atoms with Crippen molar-refractivity contribution in [2.24, 2.45) is 5.11 Å². The highest BCUT2D eigenvalue weighted by atomic mass is 16.5. The summed E-state index contributed by atoms with van der Waals surface area (Å²) in [6.45, 7) is 1.55. The minimum atomic E-state index is 0.324. The molecule has 0 unspecified atom stereocenters. The van der Waals surface area contributed by atoms with Gasteiger partial charge in [0.1, 0.15) is 18.6 Å². The van der Waals surface area contributed by atoms with E-state index in [-0.39, 0.29) is 0 Å². The molecule has 0 fully saturated rings. The lowest BCUT2D eigenvalue weighted by atomic mass is 10.2. The Kier molecular flexibility index (Phi) is 6.25. The van der Waals surface area contributed by atoms with Crippen molar-refractivity contribution >= 4 is 6.29 Å². The Bertz CT molecular complexity index is 385. The zero-order chi connectivity index (χ0) is 12.3. The minimum Gasteiger partial charge on any atom is -0.491 e. The number of aldehydes is 1. The van der Waals surface area contributed by atoms with Crippen LogP contribution in [0.25, 0.3) is 10.4 Å². The number of hydrogen-bond donors (Lipinski definition) is 0. The van der Waals surface area contributed by atoms with E-state index in [9.17, 15) is 4.79 Å². The van der Waals surface area contributed by atoms with Gasteiger partial charge in [0.2, 0.25) is 0 Å². The first-order valence-electron chi connectivity index (χ1n) is 5.13. The molecule has 0 radical (unpaired) electrons. The molecular weight excluding hydrogens is 222 g/mol. The van der Waals surface area contributed by atoms with Gasteiger partial charge in [-0.2, -0.15) is 0 Å². The average Bonchev–Trinajstić information content (AvgIpc) is 2.38. The maximum absolute atomic E-state index is 10.4. The minimum absolute atomic E-state index is 0.324. The monoisotopic (exact) mass is 235 g/mol. The summed E-state index contributed by atoms with van der Waals surface area (Å²) in [7, 11) is 0. The quantitative estimate of drug-likeness (QED) is 0.227. The lowest BCUT2D eigenvalue weighted by molar-refractivity contribution is 0.106. The molecule has 0 bridgehead atoms. The summed E-state index contributed by atoms with van der Waals surface area (Å²) in [5.41, 5.74) is 8.63. The van der Waals surface area contributed by atoms with Crippen LogP contribution < -0.4 is 4.74 Å². The third-order valence-electron chi connectivity index (χ3n) is 1.91. The first-order valence-corrected chi connectivity index (χ1v) is 5.13. The molecule has 1 aromatic rings. The van der Waals surface area contributed by atoms with Gasteiger partial charge >= 0.3 is 0 Å². The van der Waals surface area contributed by atoms with E-state index in [2.05, 4.69) is 10.0 Å². The second-order valence-electron chi connectivity index (χ2n) is 3.10. The molecular formula is C11H13N3O3. The van der Waals surface area contributed by atoms with E-state index in [1.54, 1.807) is 24.3 Å². The summed E-state index contributed by atoms with van der Waals surface area (Å²) in [6, 6.07) is 6.82. The summed E-state index contributed by atoms with van der Waals surface area (Å²) >= 11 is 0. The number of ether oxygens (including phenoxy) is 2. The number of benzene rings is 1. The van der Waals surface area contributed by atoms with Gasteiger partial charge in [0.05, 0.1) is 13.2 Å². The number of carbonyl (C=O) groups excluding carboxylic acids is 1. The van der Waals surface area contributed by atoms with E-state index < -0.39 is 0 Å². The number of azide groups is 1. The van der Waals surface area contributed by atoms with Crippen molar-refractivity contribution in [2.45, 2.75) is 0 Å². The molecule has 1 aromatic carbocycles. The van der Waals surface area contributed by atoms with Gasteiger partial charge in [0.15, 0.2) is 0 Å². The fraction of sp³-hybridized carbons (Fsp3) is 0.364. The highest BCUT2D eigenvalue weighted by molar-refractivity contribution is 5.74. The molecule has 0 saturated heterocycles. The maximum Gasteiger partial charge on any atom is 0.150 e. The van der Waals surface area contributed by atoms with Crippen LogP contribution in [0.4, 0.5) is 0 Å². The molecule has 0 atom stereocenters. The van der Waals surface area contributed by atoms with Crippen LogP contribution in [0.1, 0.15) is 10.4 Å². The van der Waals surface area contributed by atoms with Crippen LogP contribution in [0.3, 0.4) is 0 Å². The van der Waals surface area contributed by atoms with Gasteiger partial charge in [-0.1, -0.05) is 5.11 Å². The lowest BCUT2D eigenvalue weighted by Crippen LogP contribution is -2.08. The van der Waals surface area contributed by atoms with Crippen molar-refractivity contribution < 1.29 is 14.3 Å². The van der Waals surface area contributed by atoms with Crippen LogP contribution in [0.5, 0.6) is 5.75 Å². The molecule has 0 saturated carbocycles. The number of nitrogens with zero attached hydrogens (tertiary/aromatic N) is 3. The van der Waals surface area contributed by atoms with Crippen molar-refractivity contribution in [1.29, 1.82) is 0 Å². The molecule has 0 N–H and O–H groups in total. The van der Waals surface area contributed by atoms with E-state index in [1.165, 1.54) is 0 Å². The molecule has 0 spiro atoms. The molecule has 0 aliphatic heterocycles. The second kappa shape index (κ2) is 8.15. The van der Waals surface area contributed by atoms with E-state index >= 15 is 0 Å². The van der Waals surface area contributed by atoms with E-state index in [4.69, 9.17) is 15.0 Å². The largest absolute Gasteiger partial charge is 0.491 e. The molecule has 0 aromatic heterocycles. The van der Waals surface area contributed by atoms with Crippen molar-refractivity contribution in [2.75, 3.05) is 26.4 Å². The van der Waals surface area contributed by atoms with Crippen LogP contribution in [-0.2, 0) is 4.74 Å². The highest BCUT2D eigenvalue weighted by Crippen LogP contribution is 2.10. The van der Waals surface area contributed by atoms with Crippen LogP contribution in [-0.4, -0.2) is 32.7 Å². The standard InChI is InChI=1S/C11H13N3O3/c12-14-13-5-6-16-7-8-17-11-3-1-10(9-15)2-4-11/h1-4,9H,5-8H2. The molecule has 17 heavy (non-hydrogen) atoms. The van der Waals surface area contributed by atoms with Crippen molar-refractivity contribution in [3.05, 3.63) is 40.3 Å². The molecule has 0 aliphatic rings. The Morgan fingerprint density at radius 1 is 1.24 bits per heavy atom. The average molecular weight is 235 g/mol.